The summed E-state index contributed by atoms with van der Waals surface area (Å²) in [7, 11) is 0. The minimum absolute atomic E-state index is 0.130. The van der Waals surface area contributed by atoms with Crippen molar-refractivity contribution in [1.29, 1.82) is 0 Å². The van der Waals surface area contributed by atoms with Crippen molar-refractivity contribution in [2.75, 3.05) is 24.6 Å². The lowest BCUT2D eigenvalue weighted by molar-refractivity contribution is -0.148. The van der Waals surface area contributed by atoms with Crippen molar-refractivity contribution in [2.24, 2.45) is 5.92 Å². The molecule has 2 heterocycles. The lowest BCUT2D eigenvalue weighted by atomic mass is 9.98. The number of rotatable bonds is 5. The van der Waals surface area contributed by atoms with Crippen LogP contribution >= 0.6 is 11.6 Å². The second-order valence-electron chi connectivity index (χ2n) is 6.29. The van der Waals surface area contributed by atoms with Crippen molar-refractivity contribution in [3.63, 3.8) is 0 Å². The van der Waals surface area contributed by atoms with Gasteiger partial charge in [0.2, 0.25) is 5.88 Å². The van der Waals surface area contributed by atoms with E-state index >= 15 is 0 Å². The molecule has 0 bridgehead atoms. The van der Waals surface area contributed by atoms with Gasteiger partial charge in [-0.15, -0.1) is 0 Å². The summed E-state index contributed by atoms with van der Waals surface area (Å²) in [6.45, 7) is 5.61. The summed E-state index contributed by atoms with van der Waals surface area (Å²) in [4.78, 5) is 22.6. The molecule has 1 aromatic carbocycles. The normalized spacial score (nSPS) is 17.0. The standard InChI is InChI=1S/C19H22ClN3O3/c1-3-25-19(24)14-5-4-8-23(11-14)17-10-18(22-12-21-17)26-16-9-13(2)6-7-15(16)20/h6-7,9-10,12,14H,3-5,8,11H2,1-2H3. The van der Waals surface area contributed by atoms with Gasteiger partial charge in [-0.1, -0.05) is 17.7 Å². The van der Waals surface area contributed by atoms with Crippen LogP contribution in [0, 0.1) is 12.8 Å². The van der Waals surface area contributed by atoms with E-state index in [1.807, 2.05) is 26.0 Å². The highest BCUT2D eigenvalue weighted by Crippen LogP contribution is 2.31. The fourth-order valence-corrected chi connectivity index (χ4v) is 3.15. The number of anilines is 1. The molecule has 1 aromatic heterocycles. The number of esters is 1. The highest BCUT2D eigenvalue weighted by Gasteiger charge is 2.27. The summed E-state index contributed by atoms with van der Waals surface area (Å²) in [5.74, 6) is 1.43. The number of benzene rings is 1. The molecule has 1 aliphatic heterocycles. The number of hydrogen-bond acceptors (Lipinski definition) is 6. The first-order valence-corrected chi connectivity index (χ1v) is 9.12. The van der Waals surface area contributed by atoms with Gasteiger partial charge in [-0.25, -0.2) is 9.97 Å². The molecular weight excluding hydrogens is 354 g/mol. The molecule has 0 radical (unpaired) electrons. The van der Waals surface area contributed by atoms with E-state index in [1.165, 1.54) is 6.33 Å². The Morgan fingerprint density at radius 3 is 3.00 bits per heavy atom. The predicted molar refractivity (Wildman–Crippen MR) is 99.9 cm³/mol. The van der Waals surface area contributed by atoms with Gasteiger partial charge in [-0.2, -0.15) is 0 Å². The van der Waals surface area contributed by atoms with Crippen LogP contribution in [0.4, 0.5) is 5.82 Å². The van der Waals surface area contributed by atoms with E-state index in [4.69, 9.17) is 21.1 Å². The molecule has 3 rings (SSSR count). The minimum atomic E-state index is -0.144. The van der Waals surface area contributed by atoms with Crippen LogP contribution in [0.3, 0.4) is 0 Å². The number of ether oxygens (including phenoxy) is 2. The molecule has 0 amide bonds. The first-order valence-electron chi connectivity index (χ1n) is 8.74. The maximum atomic E-state index is 12.0. The number of nitrogens with zero attached hydrogens (tertiary/aromatic N) is 3. The number of aryl methyl sites for hydroxylation is 1. The van der Waals surface area contributed by atoms with Crippen LogP contribution in [-0.4, -0.2) is 35.6 Å². The van der Waals surface area contributed by atoms with Crippen LogP contribution in [0.1, 0.15) is 25.3 Å². The van der Waals surface area contributed by atoms with E-state index in [9.17, 15) is 4.79 Å². The third kappa shape index (κ3) is 4.43. The van der Waals surface area contributed by atoms with Crippen molar-refractivity contribution < 1.29 is 14.3 Å². The Morgan fingerprint density at radius 2 is 2.19 bits per heavy atom. The average molecular weight is 376 g/mol. The maximum absolute atomic E-state index is 12.0. The van der Waals surface area contributed by atoms with Gasteiger partial charge in [0.25, 0.3) is 0 Å². The first kappa shape index (κ1) is 18.5. The highest BCUT2D eigenvalue weighted by atomic mass is 35.5. The third-order valence-corrected chi connectivity index (χ3v) is 4.61. The molecule has 1 atom stereocenters. The molecule has 1 fully saturated rings. The molecule has 2 aromatic rings. The van der Waals surface area contributed by atoms with Crippen molar-refractivity contribution >= 4 is 23.4 Å². The zero-order valence-corrected chi connectivity index (χ0v) is 15.7. The van der Waals surface area contributed by atoms with Gasteiger partial charge in [0.1, 0.15) is 17.9 Å². The van der Waals surface area contributed by atoms with Crippen molar-refractivity contribution in [1.82, 2.24) is 9.97 Å². The molecule has 1 saturated heterocycles. The molecule has 138 valence electrons. The summed E-state index contributed by atoms with van der Waals surface area (Å²) < 4.78 is 11.0. The fourth-order valence-electron chi connectivity index (χ4n) is 3.00. The second kappa shape index (κ2) is 8.36. The number of piperidine rings is 1. The summed E-state index contributed by atoms with van der Waals surface area (Å²) in [5, 5.41) is 0.524. The van der Waals surface area contributed by atoms with Gasteiger partial charge in [-0.3, -0.25) is 4.79 Å². The summed E-state index contributed by atoms with van der Waals surface area (Å²) in [6, 6.07) is 7.35. The van der Waals surface area contributed by atoms with Gasteiger partial charge in [0, 0.05) is 19.2 Å². The fraction of sp³-hybridized carbons (Fsp3) is 0.421. The number of carbonyl (C=O) groups is 1. The Balaban J connectivity index is 1.74. The average Bonchev–Trinajstić information content (AvgIpc) is 2.65. The van der Waals surface area contributed by atoms with Gasteiger partial charge < -0.3 is 14.4 Å². The van der Waals surface area contributed by atoms with E-state index in [2.05, 4.69) is 14.9 Å². The SMILES string of the molecule is CCOC(=O)C1CCCN(c2cc(Oc3cc(C)ccc3Cl)ncn2)C1. The van der Waals surface area contributed by atoms with Gasteiger partial charge in [0.05, 0.1) is 17.5 Å². The molecule has 0 spiro atoms. The lowest BCUT2D eigenvalue weighted by Crippen LogP contribution is -2.39. The molecule has 26 heavy (non-hydrogen) atoms. The number of carbonyl (C=O) groups excluding carboxylic acids is 1. The van der Waals surface area contributed by atoms with Crippen LogP contribution < -0.4 is 9.64 Å². The number of halogens is 1. The summed E-state index contributed by atoms with van der Waals surface area (Å²) in [5.41, 5.74) is 1.05. The van der Waals surface area contributed by atoms with Crippen molar-refractivity contribution in [3.8, 4) is 11.6 Å². The first-order chi connectivity index (χ1) is 12.6. The Hall–Kier alpha value is -2.34. The van der Waals surface area contributed by atoms with Crippen LogP contribution in [0.2, 0.25) is 5.02 Å². The number of hydrogen-bond donors (Lipinski definition) is 0. The Labute approximate surface area is 158 Å². The van der Waals surface area contributed by atoms with E-state index in [1.54, 1.807) is 12.1 Å². The monoisotopic (exact) mass is 375 g/mol. The van der Waals surface area contributed by atoms with Crippen LogP contribution in [0.25, 0.3) is 0 Å². The molecule has 0 aliphatic carbocycles. The van der Waals surface area contributed by atoms with E-state index < -0.39 is 0 Å². The lowest BCUT2D eigenvalue weighted by Gasteiger charge is -2.32. The molecule has 6 nitrogen and oxygen atoms in total. The zero-order chi connectivity index (χ0) is 18.5. The smallest absolute Gasteiger partial charge is 0.310 e. The Bertz CT molecular complexity index is 784. The van der Waals surface area contributed by atoms with Gasteiger partial charge in [0.15, 0.2) is 0 Å². The molecule has 0 N–H and O–H groups in total. The van der Waals surface area contributed by atoms with Crippen LogP contribution in [0.5, 0.6) is 11.6 Å². The molecular formula is C19H22ClN3O3. The number of aromatic nitrogens is 2. The van der Waals surface area contributed by atoms with E-state index in [-0.39, 0.29) is 11.9 Å². The Kier molecular flexibility index (Phi) is 5.93. The zero-order valence-electron chi connectivity index (χ0n) is 14.9. The minimum Gasteiger partial charge on any atom is -0.466 e. The summed E-state index contributed by atoms with van der Waals surface area (Å²) >= 11 is 6.19. The quantitative estimate of drug-likeness (QED) is 0.736. The van der Waals surface area contributed by atoms with E-state index in [0.717, 1.165) is 30.8 Å². The molecule has 1 unspecified atom stereocenters. The van der Waals surface area contributed by atoms with Crippen LogP contribution in [0.15, 0.2) is 30.6 Å². The summed E-state index contributed by atoms with van der Waals surface area (Å²) in [6.07, 6.45) is 3.21. The topological polar surface area (TPSA) is 64.5 Å². The molecule has 1 aliphatic rings. The Morgan fingerprint density at radius 1 is 1.35 bits per heavy atom. The largest absolute Gasteiger partial charge is 0.466 e. The second-order valence-corrected chi connectivity index (χ2v) is 6.69. The maximum Gasteiger partial charge on any atom is 0.310 e. The molecule has 0 saturated carbocycles. The molecule has 7 heteroatoms. The van der Waals surface area contributed by atoms with Gasteiger partial charge >= 0.3 is 5.97 Å². The van der Waals surface area contributed by atoms with E-state index in [0.29, 0.717) is 29.8 Å². The van der Waals surface area contributed by atoms with Crippen LogP contribution in [-0.2, 0) is 9.53 Å². The van der Waals surface area contributed by atoms with Crippen molar-refractivity contribution in [3.05, 3.63) is 41.2 Å². The van der Waals surface area contributed by atoms with Gasteiger partial charge in [-0.05, 0) is 44.4 Å². The van der Waals surface area contributed by atoms with Crippen molar-refractivity contribution in [2.45, 2.75) is 26.7 Å². The third-order valence-electron chi connectivity index (χ3n) is 4.29. The predicted octanol–water partition coefficient (Wildman–Crippen LogP) is 4.01. The highest BCUT2D eigenvalue weighted by molar-refractivity contribution is 6.32.